The zero-order valence-electron chi connectivity index (χ0n) is 8.18. The summed E-state index contributed by atoms with van der Waals surface area (Å²) in [6, 6.07) is 0. The lowest BCUT2D eigenvalue weighted by Crippen LogP contribution is -2.38. The second kappa shape index (κ2) is 8.98. The first-order chi connectivity index (χ1) is 6.72. The molecule has 2 amide bonds. The van der Waals surface area contributed by atoms with Gasteiger partial charge in [-0.2, -0.15) is 0 Å². The van der Waals surface area contributed by atoms with Crippen LogP contribution in [-0.2, 0) is 9.59 Å². The maximum absolute atomic E-state index is 10.9. The average Bonchev–Trinajstić information content (AvgIpc) is 2.21. The molecule has 0 radical (unpaired) electrons. The van der Waals surface area contributed by atoms with E-state index in [0.717, 1.165) is 19.3 Å². The van der Waals surface area contributed by atoms with E-state index < -0.39 is 11.8 Å². The Kier molecular flexibility index (Phi) is 8.61. The van der Waals surface area contributed by atoms with Crippen molar-refractivity contribution in [1.29, 1.82) is 0 Å². The number of carbonyl (C=O) groups excluding carboxylic acids is 2. The SMILES string of the molecule is CNC(=O)C(=O)NCCCC/C=C\I. The summed E-state index contributed by atoms with van der Waals surface area (Å²) in [6.45, 7) is 0.557. The van der Waals surface area contributed by atoms with Crippen LogP contribution in [0.1, 0.15) is 19.3 Å². The topological polar surface area (TPSA) is 58.2 Å². The molecule has 0 saturated heterocycles. The van der Waals surface area contributed by atoms with Gasteiger partial charge in [0.25, 0.3) is 0 Å². The number of allylic oxidation sites excluding steroid dienone is 1. The first kappa shape index (κ1) is 13.4. The van der Waals surface area contributed by atoms with E-state index >= 15 is 0 Å². The fourth-order valence-electron chi connectivity index (χ4n) is 0.846. The van der Waals surface area contributed by atoms with Gasteiger partial charge in [0.2, 0.25) is 0 Å². The van der Waals surface area contributed by atoms with Crippen molar-refractivity contribution in [3.63, 3.8) is 0 Å². The smallest absolute Gasteiger partial charge is 0.309 e. The highest BCUT2D eigenvalue weighted by atomic mass is 127. The van der Waals surface area contributed by atoms with Gasteiger partial charge in [-0.3, -0.25) is 9.59 Å². The molecule has 0 aliphatic rings. The van der Waals surface area contributed by atoms with Crippen molar-refractivity contribution in [3.05, 3.63) is 10.2 Å². The molecule has 0 bridgehead atoms. The summed E-state index contributed by atoms with van der Waals surface area (Å²) >= 11 is 2.17. The van der Waals surface area contributed by atoms with Crippen LogP contribution < -0.4 is 10.6 Å². The number of halogens is 1. The number of likely N-dealkylation sites (N-methyl/N-ethyl adjacent to an activating group) is 1. The standard InChI is InChI=1S/C9H15IN2O2/c1-11-8(13)9(14)12-7-5-3-2-4-6-10/h4,6H,2-3,5,7H2,1H3,(H,11,13)(H,12,14)/b6-4-. The van der Waals surface area contributed by atoms with Crippen LogP contribution in [0, 0.1) is 0 Å². The number of carbonyl (C=O) groups is 2. The van der Waals surface area contributed by atoms with Crippen LogP contribution >= 0.6 is 22.6 Å². The highest BCUT2D eigenvalue weighted by Crippen LogP contribution is 1.97. The number of hydrogen-bond acceptors (Lipinski definition) is 2. The van der Waals surface area contributed by atoms with Crippen molar-refractivity contribution in [3.8, 4) is 0 Å². The molecule has 0 saturated carbocycles. The molecule has 0 heterocycles. The van der Waals surface area contributed by atoms with Gasteiger partial charge in [-0.15, -0.1) is 0 Å². The van der Waals surface area contributed by atoms with Crippen LogP contribution in [0.15, 0.2) is 10.2 Å². The molecule has 0 fully saturated rings. The van der Waals surface area contributed by atoms with Gasteiger partial charge in [0, 0.05) is 13.6 Å². The third kappa shape index (κ3) is 6.88. The second-order valence-corrected chi connectivity index (χ2v) is 3.41. The van der Waals surface area contributed by atoms with E-state index in [0.29, 0.717) is 6.54 Å². The highest BCUT2D eigenvalue weighted by molar-refractivity contribution is 14.1. The van der Waals surface area contributed by atoms with Gasteiger partial charge < -0.3 is 10.6 Å². The van der Waals surface area contributed by atoms with Crippen molar-refractivity contribution >= 4 is 34.4 Å². The molecule has 14 heavy (non-hydrogen) atoms. The van der Waals surface area contributed by atoms with Crippen molar-refractivity contribution < 1.29 is 9.59 Å². The Bertz CT molecular complexity index is 217. The molecule has 0 aliphatic carbocycles. The predicted octanol–water partition coefficient (Wildman–Crippen LogP) is 0.968. The maximum atomic E-state index is 10.9. The zero-order valence-corrected chi connectivity index (χ0v) is 10.3. The van der Waals surface area contributed by atoms with Gasteiger partial charge in [-0.25, -0.2) is 0 Å². The van der Waals surface area contributed by atoms with Crippen LogP contribution in [0.5, 0.6) is 0 Å². The van der Waals surface area contributed by atoms with Crippen LogP contribution in [-0.4, -0.2) is 25.4 Å². The molecule has 80 valence electrons. The molecule has 4 nitrogen and oxygen atoms in total. The summed E-state index contributed by atoms with van der Waals surface area (Å²) in [5.74, 6) is -1.14. The van der Waals surface area contributed by atoms with E-state index in [1.807, 2.05) is 4.08 Å². The molecule has 2 N–H and O–H groups in total. The maximum Gasteiger partial charge on any atom is 0.309 e. The lowest BCUT2D eigenvalue weighted by Gasteiger charge is -2.02. The Hall–Kier alpha value is -0.590. The van der Waals surface area contributed by atoms with Crippen LogP contribution in [0.25, 0.3) is 0 Å². The molecular weight excluding hydrogens is 295 g/mol. The van der Waals surface area contributed by atoms with E-state index in [1.165, 1.54) is 7.05 Å². The van der Waals surface area contributed by atoms with E-state index in [4.69, 9.17) is 0 Å². The molecule has 0 rings (SSSR count). The number of hydrogen-bond donors (Lipinski definition) is 2. The Morgan fingerprint density at radius 3 is 2.57 bits per heavy atom. The largest absolute Gasteiger partial charge is 0.351 e. The van der Waals surface area contributed by atoms with E-state index in [1.54, 1.807) is 0 Å². The van der Waals surface area contributed by atoms with Gasteiger partial charge in [0.05, 0.1) is 0 Å². The zero-order chi connectivity index (χ0) is 10.8. The Balaban J connectivity index is 3.36. The van der Waals surface area contributed by atoms with Crippen molar-refractivity contribution in [2.24, 2.45) is 0 Å². The van der Waals surface area contributed by atoms with Crippen molar-refractivity contribution in [2.75, 3.05) is 13.6 Å². The van der Waals surface area contributed by atoms with Gasteiger partial charge in [0.15, 0.2) is 0 Å². The molecule has 0 aliphatic heterocycles. The number of unbranched alkanes of at least 4 members (excludes halogenated alkanes) is 2. The fourth-order valence-corrected chi connectivity index (χ4v) is 1.21. The summed E-state index contributed by atoms with van der Waals surface area (Å²) in [5, 5.41) is 4.80. The quantitative estimate of drug-likeness (QED) is 0.452. The van der Waals surface area contributed by atoms with Gasteiger partial charge in [-0.1, -0.05) is 28.7 Å². The number of nitrogens with one attached hydrogen (secondary N) is 2. The summed E-state index contributed by atoms with van der Waals surface area (Å²) in [5.41, 5.74) is 0. The molecule has 0 aromatic carbocycles. The summed E-state index contributed by atoms with van der Waals surface area (Å²) < 4.78 is 1.97. The van der Waals surface area contributed by atoms with Crippen LogP contribution in [0.2, 0.25) is 0 Å². The monoisotopic (exact) mass is 310 g/mol. The lowest BCUT2D eigenvalue weighted by molar-refractivity contribution is -0.138. The normalized spacial score (nSPS) is 10.1. The van der Waals surface area contributed by atoms with Crippen LogP contribution in [0.3, 0.4) is 0 Å². The van der Waals surface area contributed by atoms with Gasteiger partial charge in [-0.05, 0) is 23.3 Å². The minimum atomic E-state index is -0.586. The van der Waals surface area contributed by atoms with Crippen LogP contribution in [0.4, 0.5) is 0 Å². The van der Waals surface area contributed by atoms with Crippen molar-refractivity contribution in [2.45, 2.75) is 19.3 Å². The molecule has 5 heteroatoms. The van der Waals surface area contributed by atoms with E-state index in [9.17, 15) is 9.59 Å². The van der Waals surface area contributed by atoms with Gasteiger partial charge in [0.1, 0.15) is 0 Å². The molecule has 0 spiro atoms. The Labute approximate surface area is 97.7 Å². The molecule has 0 aromatic rings. The van der Waals surface area contributed by atoms with Crippen molar-refractivity contribution in [1.82, 2.24) is 10.6 Å². The fraction of sp³-hybridized carbons (Fsp3) is 0.556. The third-order valence-electron chi connectivity index (χ3n) is 1.61. The average molecular weight is 310 g/mol. The summed E-state index contributed by atoms with van der Waals surface area (Å²) in [6.07, 6.45) is 5.00. The number of rotatable bonds is 5. The van der Waals surface area contributed by atoms with E-state index in [-0.39, 0.29) is 0 Å². The first-order valence-electron chi connectivity index (χ1n) is 4.47. The molecular formula is C9H15IN2O2. The minimum Gasteiger partial charge on any atom is -0.351 e. The predicted molar refractivity (Wildman–Crippen MR) is 64.1 cm³/mol. The molecule has 0 atom stereocenters. The molecule has 0 aromatic heterocycles. The third-order valence-corrected chi connectivity index (χ3v) is 2.11. The van der Waals surface area contributed by atoms with E-state index in [2.05, 4.69) is 39.3 Å². The molecule has 0 unspecified atom stereocenters. The first-order valence-corrected chi connectivity index (χ1v) is 5.72. The lowest BCUT2D eigenvalue weighted by atomic mass is 10.2. The highest BCUT2D eigenvalue weighted by Gasteiger charge is 2.08. The summed E-state index contributed by atoms with van der Waals surface area (Å²) in [7, 11) is 1.44. The number of amides is 2. The Morgan fingerprint density at radius 1 is 1.29 bits per heavy atom. The summed E-state index contributed by atoms with van der Waals surface area (Å²) in [4.78, 5) is 21.7. The minimum absolute atomic E-state index is 0.557. The second-order valence-electron chi connectivity index (χ2n) is 2.69. The van der Waals surface area contributed by atoms with Gasteiger partial charge >= 0.3 is 11.8 Å². The Morgan fingerprint density at radius 2 is 2.00 bits per heavy atom.